The Morgan fingerprint density at radius 1 is 1.30 bits per heavy atom. The van der Waals surface area contributed by atoms with Crippen LogP contribution in [-0.4, -0.2) is 29.6 Å². The molecule has 0 spiro atoms. The van der Waals surface area contributed by atoms with Gasteiger partial charge in [-0.25, -0.2) is 14.4 Å². The van der Waals surface area contributed by atoms with Gasteiger partial charge in [-0.05, 0) is 12.1 Å². The van der Waals surface area contributed by atoms with E-state index in [0.29, 0.717) is 0 Å². The summed E-state index contributed by atoms with van der Waals surface area (Å²) in [7, 11) is 1.40. The summed E-state index contributed by atoms with van der Waals surface area (Å²) in [5.74, 6) is -3.32. The van der Waals surface area contributed by atoms with Crippen LogP contribution in [0.5, 0.6) is 0 Å². The van der Waals surface area contributed by atoms with Crippen molar-refractivity contribution in [3.8, 4) is 0 Å². The van der Waals surface area contributed by atoms with Crippen molar-refractivity contribution in [1.29, 1.82) is 0 Å². The molecular formula is C13H12F4N4O2. The Hall–Kier alpha value is -2.49. The van der Waals surface area contributed by atoms with Crippen molar-refractivity contribution in [2.24, 2.45) is 0 Å². The molecule has 0 radical (unpaired) electrons. The molecule has 10 heteroatoms. The van der Waals surface area contributed by atoms with Crippen molar-refractivity contribution < 1.29 is 27.1 Å². The van der Waals surface area contributed by atoms with E-state index < -0.39 is 29.2 Å². The smallest absolute Gasteiger partial charge is 0.384 e. The van der Waals surface area contributed by atoms with Crippen LogP contribution in [0.25, 0.3) is 10.9 Å². The Morgan fingerprint density at radius 2 is 2.04 bits per heavy atom. The Morgan fingerprint density at radius 3 is 2.70 bits per heavy atom. The van der Waals surface area contributed by atoms with E-state index in [4.69, 9.17) is 4.74 Å². The Bertz CT molecular complexity index is 721. The van der Waals surface area contributed by atoms with E-state index >= 15 is 0 Å². The third-order valence-corrected chi connectivity index (χ3v) is 2.78. The summed E-state index contributed by atoms with van der Waals surface area (Å²) in [4.78, 5) is 18.0. The molecule has 1 heterocycles. The lowest BCUT2D eigenvalue weighted by atomic mass is 10.2. The van der Waals surface area contributed by atoms with Crippen molar-refractivity contribution in [2.75, 3.05) is 19.1 Å². The monoisotopic (exact) mass is 332 g/mol. The number of rotatable bonds is 5. The lowest BCUT2D eigenvalue weighted by Gasteiger charge is -2.13. The number of anilines is 1. The quantitative estimate of drug-likeness (QED) is 0.649. The number of amides is 1. The maximum atomic E-state index is 13.7. The molecule has 1 aromatic carbocycles. The van der Waals surface area contributed by atoms with Crippen molar-refractivity contribution >= 4 is 22.6 Å². The van der Waals surface area contributed by atoms with Gasteiger partial charge in [-0.15, -0.1) is 0 Å². The minimum atomic E-state index is -4.85. The standard InChI is InChI=1S/C13H12F4N4O2/c1-23-6-5-9(22)20-21-11-7-3-2-4-8(14)10(7)18-12(19-11)13(15,16)17/h2-4H,5-6H2,1H3,(H,20,22)(H,18,19,21). The lowest BCUT2D eigenvalue weighted by Crippen LogP contribution is -2.31. The number of aromatic nitrogens is 2. The SMILES string of the molecule is COCCC(=O)NNc1nc(C(F)(F)F)nc2c(F)cccc12. The molecule has 0 aliphatic rings. The Balaban J connectivity index is 2.37. The zero-order valence-corrected chi connectivity index (χ0v) is 11.9. The van der Waals surface area contributed by atoms with Gasteiger partial charge in [0.15, 0.2) is 5.82 Å². The van der Waals surface area contributed by atoms with Crippen molar-refractivity contribution in [3.63, 3.8) is 0 Å². The second-order valence-electron chi connectivity index (χ2n) is 4.45. The van der Waals surface area contributed by atoms with Crippen molar-refractivity contribution in [2.45, 2.75) is 12.6 Å². The number of halogens is 4. The van der Waals surface area contributed by atoms with E-state index in [0.717, 1.165) is 6.07 Å². The average Bonchev–Trinajstić information content (AvgIpc) is 2.50. The van der Waals surface area contributed by atoms with Gasteiger partial charge in [0.05, 0.1) is 13.0 Å². The molecule has 0 saturated carbocycles. The number of fused-ring (bicyclic) bond motifs is 1. The minimum absolute atomic E-state index is 0.00467. The molecule has 0 unspecified atom stereocenters. The van der Waals surface area contributed by atoms with Crippen LogP contribution < -0.4 is 10.9 Å². The first-order chi connectivity index (χ1) is 10.8. The van der Waals surface area contributed by atoms with E-state index in [1.54, 1.807) is 0 Å². The van der Waals surface area contributed by atoms with Gasteiger partial charge in [0, 0.05) is 12.5 Å². The number of nitrogens with zero attached hydrogens (tertiary/aromatic N) is 2. The van der Waals surface area contributed by atoms with Crippen molar-refractivity contribution in [1.82, 2.24) is 15.4 Å². The molecule has 1 amide bonds. The molecule has 0 fully saturated rings. The number of para-hydroxylation sites is 1. The number of carbonyl (C=O) groups is 1. The summed E-state index contributed by atoms with van der Waals surface area (Å²) < 4.78 is 56.9. The molecular weight excluding hydrogens is 320 g/mol. The highest BCUT2D eigenvalue weighted by molar-refractivity contribution is 5.90. The van der Waals surface area contributed by atoms with Gasteiger partial charge in [-0.2, -0.15) is 13.2 Å². The fourth-order valence-electron chi connectivity index (χ4n) is 1.73. The number of hydrogen-bond acceptors (Lipinski definition) is 5. The van der Waals surface area contributed by atoms with Crippen LogP contribution in [0.3, 0.4) is 0 Å². The zero-order valence-electron chi connectivity index (χ0n) is 11.9. The topological polar surface area (TPSA) is 76.1 Å². The van der Waals surface area contributed by atoms with Crippen molar-refractivity contribution in [3.05, 3.63) is 29.8 Å². The molecule has 0 saturated heterocycles. The zero-order chi connectivity index (χ0) is 17.0. The minimum Gasteiger partial charge on any atom is -0.384 e. The van der Waals surface area contributed by atoms with E-state index in [1.807, 2.05) is 0 Å². The molecule has 0 aliphatic heterocycles. The summed E-state index contributed by atoms with van der Waals surface area (Å²) in [5, 5.41) is 0.00467. The van der Waals surface area contributed by atoms with E-state index in [-0.39, 0.29) is 24.2 Å². The Kier molecular flexibility index (Phi) is 4.94. The molecule has 2 N–H and O–H groups in total. The van der Waals surface area contributed by atoms with Gasteiger partial charge in [0.1, 0.15) is 11.3 Å². The highest BCUT2D eigenvalue weighted by Gasteiger charge is 2.36. The summed E-state index contributed by atoms with van der Waals surface area (Å²) in [6.45, 7) is 0.139. The highest BCUT2D eigenvalue weighted by Crippen LogP contribution is 2.30. The predicted molar refractivity (Wildman–Crippen MR) is 72.8 cm³/mol. The first kappa shape index (κ1) is 16.9. The number of benzene rings is 1. The van der Waals surface area contributed by atoms with Crippen LogP contribution in [0.15, 0.2) is 18.2 Å². The van der Waals surface area contributed by atoms with Gasteiger partial charge in [-0.1, -0.05) is 6.07 Å². The fraction of sp³-hybridized carbons (Fsp3) is 0.308. The second-order valence-corrected chi connectivity index (χ2v) is 4.45. The van der Waals surface area contributed by atoms with Gasteiger partial charge in [0.2, 0.25) is 11.7 Å². The van der Waals surface area contributed by atoms with Crippen LogP contribution in [-0.2, 0) is 15.7 Å². The molecule has 0 bridgehead atoms. The molecule has 2 rings (SSSR count). The number of hydrogen-bond donors (Lipinski definition) is 2. The van der Waals surface area contributed by atoms with Crippen LogP contribution in [0.2, 0.25) is 0 Å². The van der Waals surface area contributed by atoms with Crippen LogP contribution in [0.1, 0.15) is 12.2 Å². The van der Waals surface area contributed by atoms with Crippen LogP contribution in [0, 0.1) is 5.82 Å². The van der Waals surface area contributed by atoms with Gasteiger partial charge < -0.3 is 4.74 Å². The molecule has 23 heavy (non-hydrogen) atoms. The van der Waals surface area contributed by atoms with Gasteiger partial charge >= 0.3 is 6.18 Å². The number of hydrazine groups is 1. The summed E-state index contributed by atoms with van der Waals surface area (Å²) in [5.41, 5.74) is 3.94. The summed E-state index contributed by atoms with van der Waals surface area (Å²) >= 11 is 0. The normalized spacial score (nSPS) is 11.5. The van der Waals surface area contributed by atoms with Crippen LogP contribution in [0.4, 0.5) is 23.4 Å². The number of alkyl halides is 3. The first-order valence-corrected chi connectivity index (χ1v) is 6.40. The van der Waals surface area contributed by atoms with E-state index in [2.05, 4.69) is 20.8 Å². The predicted octanol–water partition coefficient (Wildman–Crippen LogP) is 2.27. The largest absolute Gasteiger partial charge is 0.451 e. The maximum Gasteiger partial charge on any atom is 0.451 e. The molecule has 0 atom stereocenters. The van der Waals surface area contributed by atoms with Crippen LogP contribution >= 0.6 is 0 Å². The number of methoxy groups -OCH3 is 1. The summed E-state index contributed by atoms with van der Waals surface area (Å²) in [6, 6.07) is 3.62. The fourth-order valence-corrected chi connectivity index (χ4v) is 1.73. The van der Waals surface area contributed by atoms with Gasteiger partial charge in [-0.3, -0.25) is 15.6 Å². The Labute approximate surface area is 127 Å². The first-order valence-electron chi connectivity index (χ1n) is 6.40. The maximum absolute atomic E-state index is 13.7. The molecule has 1 aromatic heterocycles. The second kappa shape index (κ2) is 6.73. The van der Waals surface area contributed by atoms with E-state index in [9.17, 15) is 22.4 Å². The third-order valence-electron chi connectivity index (χ3n) is 2.78. The summed E-state index contributed by atoms with van der Waals surface area (Å²) in [6.07, 6.45) is -4.86. The third kappa shape index (κ3) is 4.03. The van der Waals surface area contributed by atoms with E-state index in [1.165, 1.54) is 19.2 Å². The average molecular weight is 332 g/mol. The molecule has 6 nitrogen and oxygen atoms in total. The number of ether oxygens (including phenoxy) is 1. The molecule has 124 valence electrons. The molecule has 2 aromatic rings. The highest BCUT2D eigenvalue weighted by atomic mass is 19.4. The number of nitrogens with one attached hydrogen (secondary N) is 2. The molecule has 0 aliphatic carbocycles. The lowest BCUT2D eigenvalue weighted by molar-refractivity contribution is -0.144. The van der Waals surface area contributed by atoms with Gasteiger partial charge in [0.25, 0.3) is 0 Å². The number of carbonyl (C=O) groups excluding carboxylic acids is 1.